The zero-order valence-corrected chi connectivity index (χ0v) is 12.8. The number of nitrogens with one attached hydrogen (secondary N) is 1. The lowest BCUT2D eigenvalue weighted by Gasteiger charge is -2.16. The Labute approximate surface area is 124 Å². The van der Waals surface area contributed by atoms with E-state index in [9.17, 15) is 13.2 Å². The summed E-state index contributed by atoms with van der Waals surface area (Å²) in [5, 5.41) is 9.14. The second-order valence-corrected chi connectivity index (χ2v) is 7.22. The van der Waals surface area contributed by atoms with Gasteiger partial charge in [0.05, 0.1) is 11.5 Å². The maximum atomic E-state index is 12.3. The molecule has 0 spiro atoms. The summed E-state index contributed by atoms with van der Waals surface area (Å²) in [6.45, 7) is 4.23. The van der Waals surface area contributed by atoms with Crippen LogP contribution < -0.4 is 9.46 Å². The number of hydrogen-bond acceptors (Lipinski definition) is 4. The highest BCUT2D eigenvalue weighted by Crippen LogP contribution is 2.27. The summed E-state index contributed by atoms with van der Waals surface area (Å²) in [6.07, 6.45) is 0.898. The van der Waals surface area contributed by atoms with Crippen molar-refractivity contribution in [3.8, 4) is 5.75 Å². The largest absolute Gasteiger partial charge is 0.493 e. The maximum absolute atomic E-state index is 12.3. The molecule has 1 heterocycles. The first-order chi connectivity index (χ1) is 9.79. The van der Waals surface area contributed by atoms with Crippen LogP contribution in [0.5, 0.6) is 5.75 Å². The molecule has 0 bridgehead atoms. The summed E-state index contributed by atoms with van der Waals surface area (Å²) in [4.78, 5) is 11.3. The number of rotatable bonds is 6. The molecule has 21 heavy (non-hydrogen) atoms. The van der Waals surface area contributed by atoms with Crippen LogP contribution in [0.4, 0.5) is 0 Å². The molecule has 0 aliphatic carbocycles. The van der Waals surface area contributed by atoms with Crippen LogP contribution in [0.3, 0.4) is 0 Å². The van der Waals surface area contributed by atoms with Gasteiger partial charge in [-0.2, -0.15) is 4.72 Å². The minimum absolute atomic E-state index is 0.0711. The van der Waals surface area contributed by atoms with E-state index in [0.717, 1.165) is 5.56 Å². The molecule has 0 saturated carbocycles. The Morgan fingerprint density at radius 3 is 2.76 bits per heavy atom. The third-order valence-electron chi connectivity index (χ3n) is 3.27. The molecule has 0 saturated heterocycles. The molecule has 1 aliphatic rings. The maximum Gasteiger partial charge on any atom is 0.321 e. The molecule has 0 fully saturated rings. The van der Waals surface area contributed by atoms with Gasteiger partial charge in [-0.25, -0.2) is 8.42 Å². The molecule has 0 aromatic heterocycles. The highest BCUT2D eigenvalue weighted by molar-refractivity contribution is 7.89. The molecule has 6 nitrogen and oxygen atoms in total. The van der Waals surface area contributed by atoms with Crippen LogP contribution in [-0.4, -0.2) is 32.1 Å². The molecule has 1 aliphatic heterocycles. The first kappa shape index (κ1) is 15.8. The van der Waals surface area contributed by atoms with E-state index in [1.807, 2.05) is 13.8 Å². The van der Waals surface area contributed by atoms with E-state index in [4.69, 9.17) is 9.84 Å². The number of carbonyl (C=O) groups is 1. The molecule has 2 N–H and O–H groups in total. The van der Waals surface area contributed by atoms with Crippen LogP contribution in [0.15, 0.2) is 23.1 Å². The molecule has 7 heteroatoms. The summed E-state index contributed by atoms with van der Waals surface area (Å²) in [7, 11) is -3.86. The van der Waals surface area contributed by atoms with Crippen LogP contribution in [0, 0.1) is 5.92 Å². The fraction of sp³-hybridized carbons (Fsp3) is 0.500. The van der Waals surface area contributed by atoms with E-state index < -0.39 is 22.0 Å². The lowest BCUT2D eigenvalue weighted by molar-refractivity contribution is -0.139. The average molecular weight is 313 g/mol. The van der Waals surface area contributed by atoms with Gasteiger partial charge in [-0.3, -0.25) is 4.79 Å². The van der Waals surface area contributed by atoms with E-state index in [1.165, 1.54) is 6.07 Å². The molecular weight excluding hydrogens is 294 g/mol. The first-order valence-electron chi connectivity index (χ1n) is 6.80. The lowest BCUT2D eigenvalue weighted by Crippen LogP contribution is -2.41. The van der Waals surface area contributed by atoms with Crippen molar-refractivity contribution in [1.29, 1.82) is 0 Å². The minimum atomic E-state index is -3.86. The number of carboxylic acid groups (broad SMARTS) is 1. The van der Waals surface area contributed by atoms with Gasteiger partial charge in [0.15, 0.2) is 0 Å². The van der Waals surface area contributed by atoms with E-state index in [0.29, 0.717) is 18.8 Å². The summed E-state index contributed by atoms with van der Waals surface area (Å²) >= 11 is 0. The molecule has 0 amide bonds. The predicted octanol–water partition coefficient (Wildman–Crippen LogP) is 1.40. The molecular formula is C14H19NO5S. The SMILES string of the molecule is CC(C)C[C@H](NS(=O)(=O)c1ccc2c(c1)CCO2)C(=O)O. The van der Waals surface area contributed by atoms with E-state index >= 15 is 0 Å². The van der Waals surface area contributed by atoms with Gasteiger partial charge in [-0.1, -0.05) is 13.8 Å². The van der Waals surface area contributed by atoms with E-state index in [2.05, 4.69) is 4.72 Å². The Balaban J connectivity index is 2.23. The van der Waals surface area contributed by atoms with Crippen molar-refractivity contribution in [3.63, 3.8) is 0 Å². The third-order valence-corrected chi connectivity index (χ3v) is 4.74. The van der Waals surface area contributed by atoms with Gasteiger partial charge >= 0.3 is 5.97 Å². The fourth-order valence-corrected chi connectivity index (χ4v) is 3.51. The van der Waals surface area contributed by atoms with Crippen molar-refractivity contribution in [1.82, 2.24) is 4.72 Å². The van der Waals surface area contributed by atoms with Gasteiger partial charge in [-0.15, -0.1) is 0 Å². The number of ether oxygens (including phenoxy) is 1. The molecule has 0 radical (unpaired) electrons. The van der Waals surface area contributed by atoms with Crippen LogP contribution >= 0.6 is 0 Å². The van der Waals surface area contributed by atoms with E-state index in [-0.39, 0.29) is 17.2 Å². The molecule has 1 aromatic rings. The van der Waals surface area contributed by atoms with Crippen molar-refractivity contribution in [3.05, 3.63) is 23.8 Å². The van der Waals surface area contributed by atoms with Gasteiger partial charge in [0.2, 0.25) is 10.0 Å². The Bertz CT molecular complexity index is 639. The molecule has 0 unspecified atom stereocenters. The molecule has 2 rings (SSSR count). The summed E-state index contributed by atoms with van der Waals surface area (Å²) in [5.74, 6) is -0.412. The van der Waals surface area contributed by atoms with E-state index in [1.54, 1.807) is 12.1 Å². The number of sulfonamides is 1. The van der Waals surface area contributed by atoms with Gasteiger partial charge in [0.25, 0.3) is 0 Å². The molecule has 116 valence electrons. The third kappa shape index (κ3) is 3.74. The summed E-state index contributed by atoms with van der Waals surface area (Å²) in [6, 6.07) is 3.45. The van der Waals surface area contributed by atoms with Gasteiger partial charge in [0, 0.05) is 6.42 Å². The van der Waals surface area contributed by atoms with Gasteiger partial charge < -0.3 is 9.84 Å². The minimum Gasteiger partial charge on any atom is -0.493 e. The normalized spacial score (nSPS) is 15.6. The van der Waals surface area contributed by atoms with Crippen LogP contribution in [0.25, 0.3) is 0 Å². The smallest absolute Gasteiger partial charge is 0.321 e. The second kappa shape index (κ2) is 6.03. The highest BCUT2D eigenvalue weighted by atomic mass is 32.2. The van der Waals surface area contributed by atoms with Crippen LogP contribution in [0.1, 0.15) is 25.8 Å². The molecule has 1 atom stereocenters. The molecule has 1 aromatic carbocycles. The highest BCUT2D eigenvalue weighted by Gasteiger charge is 2.27. The van der Waals surface area contributed by atoms with Crippen LogP contribution in [0.2, 0.25) is 0 Å². The van der Waals surface area contributed by atoms with Crippen molar-refractivity contribution in [2.75, 3.05) is 6.61 Å². The standard InChI is InChI=1S/C14H19NO5S/c1-9(2)7-12(14(16)17)15-21(18,19)11-3-4-13-10(8-11)5-6-20-13/h3-4,8-9,12,15H,5-7H2,1-2H3,(H,16,17)/t12-/m0/s1. The number of hydrogen-bond donors (Lipinski definition) is 2. The Hall–Kier alpha value is -1.60. The average Bonchev–Trinajstić information content (AvgIpc) is 2.84. The quantitative estimate of drug-likeness (QED) is 0.828. The van der Waals surface area contributed by atoms with Crippen molar-refractivity contribution in [2.24, 2.45) is 5.92 Å². The van der Waals surface area contributed by atoms with Crippen LogP contribution in [-0.2, 0) is 21.2 Å². The van der Waals surface area contributed by atoms with Crippen molar-refractivity contribution in [2.45, 2.75) is 37.6 Å². The van der Waals surface area contributed by atoms with Gasteiger partial charge in [-0.05, 0) is 36.1 Å². The predicted molar refractivity (Wildman–Crippen MR) is 76.8 cm³/mol. The van der Waals surface area contributed by atoms with Gasteiger partial charge in [0.1, 0.15) is 11.8 Å². The Morgan fingerprint density at radius 1 is 1.43 bits per heavy atom. The Morgan fingerprint density at radius 2 is 2.14 bits per heavy atom. The Kier molecular flexibility index (Phi) is 4.53. The van der Waals surface area contributed by atoms with Crippen molar-refractivity contribution >= 4 is 16.0 Å². The fourth-order valence-electron chi connectivity index (χ4n) is 2.26. The lowest BCUT2D eigenvalue weighted by atomic mass is 10.1. The first-order valence-corrected chi connectivity index (χ1v) is 8.29. The zero-order valence-electron chi connectivity index (χ0n) is 12.0. The number of benzene rings is 1. The second-order valence-electron chi connectivity index (χ2n) is 5.51. The topological polar surface area (TPSA) is 92.7 Å². The number of aliphatic carboxylic acids is 1. The summed E-state index contributed by atoms with van der Waals surface area (Å²) < 4.78 is 32.2. The monoisotopic (exact) mass is 313 g/mol. The number of fused-ring (bicyclic) bond motifs is 1. The zero-order chi connectivity index (χ0) is 15.6. The number of carboxylic acids is 1. The summed E-state index contributed by atoms with van der Waals surface area (Å²) in [5.41, 5.74) is 0.827. The van der Waals surface area contributed by atoms with Crippen molar-refractivity contribution < 1.29 is 23.1 Å².